The van der Waals surface area contributed by atoms with Crippen molar-refractivity contribution in [3.63, 3.8) is 0 Å². The first kappa shape index (κ1) is 11.2. The van der Waals surface area contributed by atoms with Crippen molar-refractivity contribution in [2.45, 2.75) is 20.1 Å². The molecule has 0 atom stereocenters. The van der Waals surface area contributed by atoms with E-state index in [2.05, 4.69) is 19.8 Å². The second-order valence-electron chi connectivity index (χ2n) is 4.88. The molecule has 1 saturated heterocycles. The Kier molecular flexibility index (Phi) is 3.00. The van der Waals surface area contributed by atoms with Crippen LogP contribution in [-0.4, -0.2) is 13.2 Å². The van der Waals surface area contributed by atoms with Crippen LogP contribution in [0.2, 0.25) is 0 Å². The van der Waals surface area contributed by atoms with Gasteiger partial charge in [-0.25, -0.2) is 0 Å². The molecular formula is C14H16O2. The lowest BCUT2D eigenvalue weighted by molar-refractivity contribution is -0.226. The van der Waals surface area contributed by atoms with Gasteiger partial charge < -0.3 is 9.47 Å². The van der Waals surface area contributed by atoms with E-state index in [9.17, 15) is 0 Å². The maximum Gasteiger partial charge on any atom is 0.183 e. The fourth-order valence-electron chi connectivity index (χ4n) is 1.62. The smallest absolute Gasteiger partial charge is 0.183 e. The summed E-state index contributed by atoms with van der Waals surface area (Å²) in [4.78, 5) is 0. The van der Waals surface area contributed by atoms with E-state index in [-0.39, 0.29) is 11.7 Å². The van der Waals surface area contributed by atoms with E-state index >= 15 is 0 Å². The van der Waals surface area contributed by atoms with Crippen molar-refractivity contribution >= 4 is 0 Å². The van der Waals surface area contributed by atoms with Crippen molar-refractivity contribution in [2.75, 3.05) is 13.2 Å². The molecule has 0 radical (unpaired) electrons. The standard InChI is InChI=1S/C14H16O2/c1-4-11-5-7-12(8-6-11)13-15-9-14(2,3)10-16-13/h1,5-8,13H,9-10H2,2-3H3. The summed E-state index contributed by atoms with van der Waals surface area (Å²) in [5, 5.41) is 0. The molecule has 1 heterocycles. The second kappa shape index (κ2) is 4.29. The lowest BCUT2D eigenvalue weighted by atomic mass is 9.95. The zero-order valence-corrected chi connectivity index (χ0v) is 9.69. The molecule has 1 aliphatic heterocycles. The van der Waals surface area contributed by atoms with Gasteiger partial charge in [-0.05, 0) is 12.1 Å². The van der Waals surface area contributed by atoms with Gasteiger partial charge in [-0.15, -0.1) is 6.42 Å². The van der Waals surface area contributed by atoms with Gasteiger partial charge in [-0.1, -0.05) is 31.9 Å². The van der Waals surface area contributed by atoms with Crippen LogP contribution in [0.1, 0.15) is 31.3 Å². The highest BCUT2D eigenvalue weighted by atomic mass is 16.7. The van der Waals surface area contributed by atoms with Gasteiger partial charge in [0, 0.05) is 16.5 Å². The van der Waals surface area contributed by atoms with Gasteiger partial charge in [0.2, 0.25) is 0 Å². The molecule has 84 valence electrons. The molecule has 0 unspecified atom stereocenters. The number of ether oxygens (including phenoxy) is 2. The molecule has 2 nitrogen and oxygen atoms in total. The summed E-state index contributed by atoms with van der Waals surface area (Å²) in [6.07, 6.45) is 5.05. The average molecular weight is 216 g/mol. The minimum Gasteiger partial charge on any atom is -0.348 e. The summed E-state index contributed by atoms with van der Waals surface area (Å²) in [6, 6.07) is 7.72. The molecule has 2 rings (SSSR count). The van der Waals surface area contributed by atoms with Gasteiger partial charge in [0.05, 0.1) is 13.2 Å². The van der Waals surface area contributed by atoms with Crippen LogP contribution in [-0.2, 0) is 9.47 Å². The van der Waals surface area contributed by atoms with Crippen LogP contribution in [0, 0.1) is 17.8 Å². The number of hydrogen-bond acceptors (Lipinski definition) is 2. The highest BCUT2D eigenvalue weighted by molar-refractivity contribution is 5.34. The van der Waals surface area contributed by atoms with Crippen LogP contribution in [0.5, 0.6) is 0 Å². The predicted octanol–water partition coefficient (Wildman–Crippen LogP) is 2.74. The van der Waals surface area contributed by atoms with E-state index in [4.69, 9.17) is 15.9 Å². The highest BCUT2D eigenvalue weighted by Crippen LogP contribution is 2.30. The molecular weight excluding hydrogens is 200 g/mol. The van der Waals surface area contributed by atoms with Crippen LogP contribution in [0.4, 0.5) is 0 Å². The van der Waals surface area contributed by atoms with E-state index in [1.54, 1.807) is 0 Å². The summed E-state index contributed by atoms with van der Waals surface area (Å²) >= 11 is 0. The molecule has 1 aliphatic rings. The first-order valence-corrected chi connectivity index (χ1v) is 5.40. The van der Waals surface area contributed by atoms with E-state index < -0.39 is 0 Å². The maximum atomic E-state index is 5.68. The minimum absolute atomic E-state index is 0.106. The Hall–Kier alpha value is -1.30. The normalized spacial score (nSPS) is 20.3. The SMILES string of the molecule is C#Cc1ccc(C2OCC(C)(C)CO2)cc1. The van der Waals surface area contributed by atoms with E-state index in [1.807, 2.05) is 24.3 Å². The zero-order valence-electron chi connectivity index (χ0n) is 9.69. The monoisotopic (exact) mass is 216 g/mol. The molecule has 0 aliphatic carbocycles. The summed E-state index contributed by atoms with van der Waals surface area (Å²) in [5.74, 6) is 2.59. The summed E-state index contributed by atoms with van der Waals surface area (Å²) in [6.45, 7) is 5.69. The molecule has 16 heavy (non-hydrogen) atoms. The Bertz CT molecular complexity index is 388. The zero-order chi connectivity index (χ0) is 11.6. The molecule has 0 saturated carbocycles. The molecule has 1 aromatic rings. The van der Waals surface area contributed by atoms with E-state index in [0.29, 0.717) is 13.2 Å². The van der Waals surface area contributed by atoms with E-state index in [0.717, 1.165) is 11.1 Å². The number of rotatable bonds is 1. The van der Waals surface area contributed by atoms with Crippen molar-refractivity contribution in [3.05, 3.63) is 35.4 Å². The molecule has 1 aromatic carbocycles. The Labute approximate surface area is 96.6 Å². The average Bonchev–Trinajstić information content (AvgIpc) is 2.29. The van der Waals surface area contributed by atoms with Crippen molar-refractivity contribution in [2.24, 2.45) is 5.41 Å². The number of benzene rings is 1. The van der Waals surface area contributed by atoms with Gasteiger partial charge in [0.1, 0.15) is 0 Å². The molecule has 0 bridgehead atoms. The van der Waals surface area contributed by atoms with Gasteiger partial charge in [0.25, 0.3) is 0 Å². The number of hydrogen-bond donors (Lipinski definition) is 0. The maximum absolute atomic E-state index is 5.68. The van der Waals surface area contributed by atoms with Crippen LogP contribution in [0.25, 0.3) is 0 Å². The van der Waals surface area contributed by atoms with Crippen LogP contribution >= 0.6 is 0 Å². The van der Waals surface area contributed by atoms with Crippen LogP contribution in [0.3, 0.4) is 0 Å². The van der Waals surface area contributed by atoms with Crippen molar-refractivity contribution in [1.82, 2.24) is 0 Å². The second-order valence-corrected chi connectivity index (χ2v) is 4.88. The lowest BCUT2D eigenvalue weighted by Crippen LogP contribution is -2.33. The van der Waals surface area contributed by atoms with Gasteiger partial charge in [0.15, 0.2) is 6.29 Å². The minimum atomic E-state index is -0.250. The molecule has 0 aromatic heterocycles. The molecule has 1 fully saturated rings. The fraction of sp³-hybridized carbons (Fsp3) is 0.429. The first-order valence-electron chi connectivity index (χ1n) is 5.40. The van der Waals surface area contributed by atoms with E-state index in [1.165, 1.54) is 0 Å². The third kappa shape index (κ3) is 2.44. The molecule has 2 heteroatoms. The Morgan fingerprint density at radius 1 is 1.19 bits per heavy atom. The van der Waals surface area contributed by atoms with Crippen molar-refractivity contribution < 1.29 is 9.47 Å². The molecule has 0 N–H and O–H groups in total. The Balaban J connectivity index is 2.06. The highest BCUT2D eigenvalue weighted by Gasteiger charge is 2.28. The molecule has 0 amide bonds. The predicted molar refractivity (Wildman–Crippen MR) is 62.8 cm³/mol. The van der Waals surface area contributed by atoms with Gasteiger partial charge >= 0.3 is 0 Å². The van der Waals surface area contributed by atoms with Crippen molar-refractivity contribution in [1.29, 1.82) is 0 Å². The van der Waals surface area contributed by atoms with Gasteiger partial charge in [-0.2, -0.15) is 0 Å². The Morgan fingerprint density at radius 3 is 2.25 bits per heavy atom. The topological polar surface area (TPSA) is 18.5 Å². The Morgan fingerprint density at radius 2 is 1.75 bits per heavy atom. The summed E-state index contributed by atoms with van der Waals surface area (Å²) in [7, 11) is 0. The summed E-state index contributed by atoms with van der Waals surface area (Å²) in [5.41, 5.74) is 2.00. The third-order valence-corrected chi connectivity index (χ3v) is 2.60. The largest absolute Gasteiger partial charge is 0.348 e. The molecule has 0 spiro atoms. The van der Waals surface area contributed by atoms with Gasteiger partial charge in [-0.3, -0.25) is 0 Å². The van der Waals surface area contributed by atoms with Crippen molar-refractivity contribution in [3.8, 4) is 12.3 Å². The number of terminal acetylenes is 1. The fourth-order valence-corrected chi connectivity index (χ4v) is 1.62. The quantitative estimate of drug-likeness (QED) is 0.672. The van der Waals surface area contributed by atoms with Crippen LogP contribution in [0.15, 0.2) is 24.3 Å². The lowest BCUT2D eigenvalue weighted by Gasteiger charge is -2.34. The third-order valence-electron chi connectivity index (χ3n) is 2.60. The van der Waals surface area contributed by atoms with Crippen LogP contribution < -0.4 is 0 Å². The first-order chi connectivity index (χ1) is 7.61. The summed E-state index contributed by atoms with van der Waals surface area (Å²) < 4.78 is 11.4.